The number of aromatic nitrogens is 2. The van der Waals surface area contributed by atoms with Gasteiger partial charge >= 0.3 is 0 Å². The van der Waals surface area contributed by atoms with Crippen molar-refractivity contribution in [3.8, 4) is 0 Å². The van der Waals surface area contributed by atoms with E-state index >= 15 is 0 Å². The van der Waals surface area contributed by atoms with Gasteiger partial charge in [-0.1, -0.05) is 0 Å². The number of halogens is 2. The number of hydrogen-bond acceptors (Lipinski definition) is 4. The molecule has 2 N–H and O–H groups in total. The minimum absolute atomic E-state index is 0.151. The molecule has 0 unspecified atom stereocenters. The van der Waals surface area contributed by atoms with Crippen LogP contribution in [0.25, 0.3) is 0 Å². The first-order chi connectivity index (χ1) is 10.1. The quantitative estimate of drug-likeness (QED) is 0.826. The highest BCUT2D eigenvalue weighted by Crippen LogP contribution is 2.30. The number of carbonyl (C=O) groups excluding carboxylic acids is 1. The van der Waals surface area contributed by atoms with E-state index in [1.165, 1.54) is 12.4 Å². The maximum atomic E-state index is 12.5. The van der Waals surface area contributed by atoms with Crippen molar-refractivity contribution in [1.29, 1.82) is 0 Å². The number of hydrogen-bond donors (Lipinski definition) is 2. The number of ether oxygens (including phenoxy) is 1. The summed E-state index contributed by atoms with van der Waals surface area (Å²) in [5, 5.41) is 9.76. The lowest BCUT2D eigenvalue weighted by atomic mass is 9.78. The lowest BCUT2D eigenvalue weighted by molar-refractivity contribution is -0.130. The summed E-state index contributed by atoms with van der Waals surface area (Å²) in [5.74, 6) is -0.151. The van der Waals surface area contributed by atoms with Crippen molar-refractivity contribution in [1.82, 2.24) is 15.1 Å². The summed E-state index contributed by atoms with van der Waals surface area (Å²) in [6.45, 7) is 1.36. The molecule has 2 heterocycles. The second-order valence-corrected chi connectivity index (χ2v) is 5.26. The Kier molecular flexibility index (Phi) is 5.24. The minimum atomic E-state index is -2.47. The Labute approximate surface area is 121 Å². The number of alkyl halides is 2. The number of nitrogens with one attached hydrogen (secondary N) is 2. The second kappa shape index (κ2) is 6.95. The normalized spacial score (nSPS) is 17.9. The molecule has 6 nitrogen and oxygen atoms in total. The number of rotatable bonds is 6. The third-order valence-corrected chi connectivity index (χ3v) is 3.68. The Hall–Kier alpha value is -1.54. The van der Waals surface area contributed by atoms with Crippen LogP contribution in [0.3, 0.4) is 0 Å². The van der Waals surface area contributed by atoms with Gasteiger partial charge in [-0.25, -0.2) is 8.78 Å². The summed E-state index contributed by atoms with van der Waals surface area (Å²) in [7, 11) is 1.57. The molecule has 0 radical (unpaired) electrons. The van der Waals surface area contributed by atoms with Crippen molar-refractivity contribution in [2.75, 3.05) is 32.1 Å². The van der Waals surface area contributed by atoms with Gasteiger partial charge in [0.2, 0.25) is 5.91 Å². The number of piperidine rings is 1. The minimum Gasteiger partial charge on any atom is -0.384 e. The Morgan fingerprint density at radius 1 is 1.57 bits per heavy atom. The van der Waals surface area contributed by atoms with Crippen LogP contribution in [0, 0.1) is 5.41 Å². The number of methoxy groups -OCH3 is 1. The van der Waals surface area contributed by atoms with Crippen molar-refractivity contribution < 1.29 is 18.3 Å². The summed E-state index contributed by atoms with van der Waals surface area (Å²) in [4.78, 5) is 12.5. The van der Waals surface area contributed by atoms with Crippen LogP contribution in [0.1, 0.15) is 12.8 Å². The van der Waals surface area contributed by atoms with Gasteiger partial charge in [-0.3, -0.25) is 9.48 Å². The first kappa shape index (κ1) is 15.8. The van der Waals surface area contributed by atoms with Crippen molar-refractivity contribution in [2.24, 2.45) is 5.41 Å². The summed E-state index contributed by atoms with van der Waals surface area (Å²) >= 11 is 0. The Balaban J connectivity index is 2.02. The zero-order valence-corrected chi connectivity index (χ0v) is 11.9. The van der Waals surface area contributed by atoms with Gasteiger partial charge in [-0.15, -0.1) is 0 Å². The molecule has 1 aromatic heterocycles. The van der Waals surface area contributed by atoms with Crippen LogP contribution < -0.4 is 10.6 Å². The van der Waals surface area contributed by atoms with Gasteiger partial charge in [0, 0.05) is 13.3 Å². The zero-order chi connectivity index (χ0) is 15.3. The summed E-state index contributed by atoms with van der Waals surface area (Å²) in [6, 6.07) is 0. The molecule has 1 fully saturated rings. The fourth-order valence-electron chi connectivity index (χ4n) is 2.55. The highest BCUT2D eigenvalue weighted by atomic mass is 19.3. The van der Waals surface area contributed by atoms with Gasteiger partial charge in [0.05, 0.1) is 23.9 Å². The van der Waals surface area contributed by atoms with Crippen molar-refractivity contribution in [3.63, 3.8) is 0 Å². The lowest BCUT2D eigenvalue weighted by Gasteiger charge is -2.35. The largest absolute Gasteiger partial charge is 0.384 e. The maximum Gasteiger partial charge on any atom is 0.257 e. The van der Waals surface area contributed by atoms with Gasteiger partial charge in [-0.05, 0) is 25.9 Å². The number of amides is 1. The third kappa shape index (κ3) is 3.98. The molecule has 1 amide bonds. The molecule has 1 aromatic rings. The summed E-state index contributed by atoms with van der Waals surface area (Å²) in [6.07, 6.45) is 1.67. The SMILES string of the molecule is COCC1(C(=O)Nc2cnn(CC(F)F)c2)CCNCC1. The van der Waals surface area contributed by atoms with E-state index in [0.717, 1.165) is 17.8 Å². The van der Waals surface area contributed by atoms with Crippen LogP contribution in [0.4, 0.5) is 14.5 Å². The third-order valence-electron chi connectivity index (χ3n) is 3.68. The average molecular weight is 302 g/mol. The van der Waals surface area contributed by atoms with Gasteiger partial charge in [0.1, 0.15) is 6.54 Å². The monoisotopic (exact) mass is 302 g/mol. The molecule has 2 rings (SSSR count). The highest BCUT2D eigenvalue weighted by Gasteiger charge is 2.39. The van der Waals surface area contributed by atoms with Gasteiger partial charge in [0.25, 0.3) is 6.43 Å². The van der Waals surface area contributed by atoms with Crippen LogP contribution in [-0.2, 0) is 16.1 Å². The van der Waals surface area contributed by atoms with Gasteiger partial charge in [-0.2, -0.15) is 5.10 Å². The Morgan fingerprint density at radius 3 is 2.90 bits per heavy atom. The molecule has 0 aliphatic carbocycles. The predicted octanol–water partition coefficient (Wildman–Crippen LogP) is 1.10. The predicted molar refractivity (Wildman–Crippen MR) is 73.3 cm³/mol. The summed E-state index contributed by atoms with van der Waals surface area (Å²) < 4.78 is 30.9. The van der Waals surface area contributed by atoms with Crippen LogP contribution in [0.15, 0.2) is 12.4 Å². The molecule has 118 valence electrons. The molecule has 0 saturated carbocycles. The van der Waals surface area contributed by atoms with Crippen LogP contribution in [0.2, 0.25) is 0 Å². The van der Waals surface area contributed by atoms with Gasteiger partial charge in [0.15, 0.2) is 0 Å². The summed E-state index contributed by atoms with van der Waals surface area (Å²) in [5.41, 5.74) is -0.153. The van der Waals surface area contributed by atoms with Crippen molar-refractivity contribution >= 4 is 11.6 Å². The average Bonchev–Trinajstić information content (AvgIpc) is 2.86. The second-order valence-electron chi connectivity index (χ2n) is 5.26. The van der Waals surface area contributed by atoms with E-state index in [9.17, 15) is 13.6 Å². The zero-order valence-electron chi connectivity index (χ0n) is 11.9. The van der Waals surface area contributed by atoms with Crippen molar-refractivity contribution in [2.45, 2.75) is 25.8 Å². The number of carbonyl (C=O) groups is 1. The van der Waals surface area contributed by atoms with Crippen LogP contribution >= 0.6 is 0 Å². The molecule has 0 aromatic carbocycles. The number of anilines is 1. The fourth-order valence-corrected chi connectivity index (χ4v) is 2.55. The van der Waals surface area contributed by atoms with E-state index in [-0.39, 0.29) is 5.91 Å². The van der Waals surface area contributed by atoms with E-state index in [1.807, 2.05) is 0 Å². The van der Waals surface area contributed by atoms with Crippen LogP contribution in [-0.4, -0.2) is 48.9 Å². The van der Waals surface area contributed by atoms with Gasteiger partial charge < -0.3 is 15.4 Å². The molecule has 1 aliphatic rings. The van der Waals surface area contributed by atoms with Crippen LogP contribution in [0.5, 0.6) is 0 Å². The Bertz CT molecular complexity index is 467. The molecular weight excluding hydrogens is 282 g/mol. The maximum absolute atomic E-state index is 12.5. The van der Waals surface area contributed by atoms with E-state index in [2.05, 4.69) is 15.7 Å². The van der Waals surface area contributed by atoms with E-state index in [4.69, 9.17) is 4.74 Å². The number of nitrogens with zero attached hydrogens (tertiary/aromatic N) is 2. The lowest BCUT2D eigenvalue weighted by Crippen LogP contribution is -2.47. The topological polar surface area (TPSA) is 68.2 Å². The standard InChI is InChI=1S/C13H20F2N4O2/c1-21-9-13(2-4-16-5-3-13)12(20)18-10-6-17-19(7-10)8-11(14)15/h6-7,11,16H,2-5,8-9H2,1H3,(H,18,20). The molecule has 0 atom stereocenters. The first-order valence-corrected chi connectivity index (χ1v) is 6.87. The fraction of sp³-hybridized carbons (Fsp3) is 0.692. The molecule has 0 bridgehead atoms. The first-order valence-electron chi connectivity index (χ1n) is 6.87. The van der Waals surface area contributed by atoms with E-state index in [1.54, 1.807) is 7.11 Å². The molecule has 1 saturated heterocycles. The molecule has 1 aliphatic heterocycles. The van der Waals surface area contributed by atoms with Crippen molar-refractivity contribution in [3.05, 3.63) is 12.4 Å². The Morgan fingerprint density at radius 2 is 2.29 bits per heavy atom. The molecule has 8 heteroatoms. The highest BCUT2D eigenvalue weighted by molar-refractivity contribution is 5.95. The molecule has 0 spiro atoms. The van der Waals surface area contributed by atoms with E-state index in [0.29, 0.717) is 25.1 Å². The smallest absolute Gasteiger partial charge is 0.257 e. The van der Waals surface area contributed by atoms with E-state index < -0.39 is 18.4 Å². The molecule has 21 heavy (non-hydrogen) atoms. The molecular formula is C13H20F2N4O2.